The van der Waals surface area contributed by atoms with Crippen LogP contribution < -0.4 is 0 Å². The molecule has 1 saturated heterocycles. The van der Waals surface area contributed by atoms with Gasteiger partial charge in [0, 0.05) is 1.37 Å². The van der Waals surface area contributed by atoms with Crippen molar-refractivity contribution >= 4 is 0 Å². The molecular formula is C10H20O6. The third-order valence-electron chi connectivity index (χ3n) is 2.62. The predicted molar refractivity (Wildman–Crippen MR) is 54.6 cm³/mol. The predicted octanol–water partition coefficient (Wildman–Crippen LogP) is -1.40. The summed E-state index contributed by atoms with van der Waals surface area (Å²) in [7, 11) is 0. The average molecular weight is 237 g/mol. The van der Waals surface area contributed by atoms with Crippen molar-refractivity contribution in [2.75, 3.05) is 19.8 Å². The molecule has 1 aliphatic rings. The zero-order valence-corrected chi connectivity index (χ0v) is 9.24. The Morgan fingerprint density at radius 2 is 2.19 bits per heavy atom. The Labute approximate surface area is 95.8 Å². The van der Waals surface area contributed by atoms with Crippen LogP contribution in [0.1, 0.15) is 21.1 Å². The summed E-state index contributed by atoms with van der Waals surface area (Å²) in [6, 6.07) is 0. The lowest BCUT2D eigenvalue weighted by Gasteiger charge is -2.43. The maximum Gasteiger partial charge on any atom is 0.221 e. The van der Waals surface area contributed by atoms with Crippen LogP contribution in [0.25, 0.3) is 0 Å². The second-order valence-corrected chi connectivity index (χ2v) is 3.79. The smallest absolute Gasteiger partial charge is 0.221 e. The summed E-state index contributed by atoms with van der Waals surface area (Å²) < 4.78 is 17.8. The van der Waals surface area contributed by atoms with Gasteiger partial charge in [0.15, 0.2) is 0 Å². The highest BCUT2D eigenvalue weighted by Crippen LogP contribution is 2.27. The molecule has 1 rings (SSSR count). The molecule has 0 aliphatic carbocycles. The first-order chi connectivity index (χ1) is 7.96. The summed E-state index contributed by atoms with van der Waals surface area (Å²) >= 11 is 0. The first-order valence-electron chi connectivity index (χ1n) is 5.89. The van der Waals surface area contributed by atoms with Crippen LogP contribution in [-0.2, 0) is 9.47 Å². The van der Waals surface area contributed by atoms with Crippen molar-refractivity contribution < 1.29 is 31.3 Å². The molecule has 0 saturated carbocycles. The van der Waals surface area contributed by atoms with Crippen LogP contribution >= 0.6 is 0 Å². The lowest BCUT2D eigenvalue weighted by atomic mass is 9.97. The molecule has 16 heavy (non-hydrogen) atoms. The highest BCUT2D eigenvalue weighted by atomic mass is 16.7. The van der Waals surface area contributed by atoms with Gasteiger partial charge in [-0.1, -0.05) is 13.3 Å². The Morgan fingerprint density at radius 3 is 2.75 bits per heavy atom. The number of ether oxygens (including phenoxy) is 2. The standard InChI is InChI=1S/C10H20O6/c1-2-3-4-15-10(6-11)9(14)8(13)7(12)5-16-10/h7-9,11-14H,2-6H2,1H3/t7-,8-,9+,10?/m1/s1/i3D/t3?,7-,8-,9+,10?. The highest BCUT2D eigenvalue weighted by Gasteiger charge is 2.50. The minimum absolute atomic E-state index is 0.0308. The van der Waals surface area contributed by atoms with Crippen LogP contribution in [0.3, 0.4) is 0 Å². The van der Waals surface area contributed by atoms with Crippen molar-refractivity contribution in [3.8, 4) is 0 Å². The van der Waals surface area contributed by atoms with Crippen molar-refractivity contribution in [1.29, 1.82) is 0 Å². The fourth-order valence-corrected chi connectivity index (χ4v) is 1.51. The number of hydrogen-bond donors (Lipinski definition) is 4. The summed E-state index contributed by atoms with van der Waals surface area (Å²) in [5.74, 6) is -1.76. The van der Waals surface area contributed by atoms with E-state index < -0.39 is 37.1 Å². The van der Waals surface area contributed by atoms with Gasteiger partial charge in [-0.25, -0.2) is 0 Å². The normalized spacial score (nSPS) is 42.8. The molecule has 4 N–H and O–H groups in total. The molecule has 5 atom stereocenters. The molecule has 96 valence electrons. The number of aliphatic hydroxyl groups is 4. The van der Waals surface area contributed by atoms with Gasteiger partial charge in [0.1, 0.15) is 24.9 Å². The summed E-state index contributed by atoms with van der Waals surface area (Å²) in [5, 5.41) is 37.8. The van der Waals surface area contributed by atoms with E-state index in [1.165, 1.54) is 0 Å². The maximum absolute atomic E-state index is 9.76. The molecule has 1 heterocycles. The van der Waals surface area contributed by atoms with Crippen LogP contribution in [-0.4, -0.2) is 64.3 Å². The van der Waals surface area contributed by atoms with Crippen LogP contribution in [0.15, 0.2) is 0 Å². The molecule has 0 bridgehead atoms. The van der Waals surface area contributed by atoms with Gasteiger partial charge in [0.2, 0.25) is 5.79 Å². The van der Waals surface area contributed by atoms with Crippen molar-refractivity contribution in [2.45, 2.75) is 43.8 Å². The van der Waals surface area contributed by atoms with Gasteiger partial charge in [0.25, 0.3) is 0 Å². The van der Waals surface area contributed by atoms with Crippen LogP contribution in [0, 0.1) is 0 Å². The molecular weight excluding hydrogens is 216 g/mol. The summed E-state index contributed by atoms with van der Waals surface area (Å²) in [6.07, 6.45) is -4.16. The molecule has 0 radical (unpaired) electrons. The monoisotopic (exact) mass is 237 g/mol. The zero-order valence-electron chi connectivity index (χ0n) is 10.2. The molecule has 0 aromatic carbocycles. The van der Waals surface area contributed by atoms with E-state index in [1.54, 1.807) is 0 Å². The van der Waals surface area contributed by atoms with Gasteiger partial charge in [-0.15, -0.1) is 0 Å². The van der Waals surface area contributed by atoms with Crippen molar-refractivity contribution in [3.63, 3.8) is 0 Å². The largest absolute Gasteiger partial charge is 0.391 e. The van der Waals surface area contributed by atoms with Gasteiger partial charge >= 0.3 is 0 Å². The number of rotatable bonds is 5. The van der Waals surface area contributed by atoms with E-state index in [-0.39, 0.29) is 13.2 Å². The van der Waals surface area contributed by atoms with Crippen molar-refractivity contribution in [1.82, 2.24) is 0 Å². The van der Waals surface area contributed by atoms with E-state index in [9.17, 15) is 20.4 Å². The SMILES string of the molecule is [2H]C(CC)COC1(CO)OC[C@@H](O)[C@@H](O)[C@@H]1O. The molecule has 6 heteroatoms. The molecule has 0 spiro atoms. The first-order valence-corrected chi connectivity index (χ1v) is 5.32. The fourth-order valence-electron chi connectivity index (χ4n) is 1.51. The van der Waals surface area contributed by atoms with Gasteiger partial charge in [0.05, 0.1) is 13.2 Å². The minimum Gasteiger partial charge on any atom is -0.391 e. The van der Waals surface area contributed by atoms with Crippen molar-refractivity contribution in [3.05, 3.63) is 0 Å². The Morgan fingerprint density at radius 1 is 1.50 bits per heavy atom. The Kier molecular flexibility index (Phi) is 4.51. The van der Waals surface area contributed by atoms with Crippen LogP contribution in [0.2, 0.25) is 0 Å². The number of hydrogen-bond acceptors (Lipinski definition) is 6. The van der Waals surface area contributed by atoms with E-state index in [4.69, 9.17) is 10.8 Å². The Hall–Kier alpha value is -0.240. The molecule has 6 nitrogen and oxygen atoms in total. The van der Waals surface area contributed by atoms with Gasteiger partial charge in [-0.3, -0.25) is 0 Å². The number of aliphatic hydroxyl groups excluding tert-OH is 4. The molecule has 0 aromatic heterocycles. The van der Waals surface area contributed by atoms with Crippen LogP contribution in [0.5, 0.6) is 0 Å². The Bertz CT molecular complexity index is 241. The summed E-state index contributed by atoms with van der Waals surface area (Å²) in [5.41, 5.74) is 0. The third kappa shape index (κ3) is 2.71. The lowest BCUT2D eigenvalue weighted by Crippen LogP contribution is -2.63. The first kappa shape index (κ1) is 12.2. The second-order valence-electron chi connectivity index (χ2n) is 3.79. The van der Waals surface area contributed by atoms with E-state index in [0.29, 0.717) is 6.42 Å². The molecule has 1 aliphatic heterocycles. The second kappa shape index (κ2) is 5.90. The fraction of sp³-hybridized carbons (Fsp3) is 1.00. The molecule has 0 aromatic rings. The summed E-state index contributed by atoms with van der Waals surface area (Å²) in [6.45, 7) is 0.877. The van der Waals surface area contributed by atoms with Crippen LogP contribution in [0.4, 0.5) is 0 Å². The third-order valence-corrected chi connectivity index (χ3v) is 2.62. The lowest BCUT2D eigenvalue weighted by molar-refractivity contribution is -0.348. The van der Waals surface area contributed by atoms with Gasteiger partial charge in [-0.05, 0) is 6.40 Å². The highest BCUT2D eigenvalue weighted by molar-refractivity contribution is 4.92. The molecule has 0 amide bonds. The van der Waals surface area contributed by atoms with Gasteiger partial charge < -0.3 is 29.9 Å². The van der Waals surface area contributed by atoms with E-state index in [1.807, 2.05) is 6.92 Å². The zero-order chi connectivity index (χ0) is 13.1. The topological polar surface area (TPSA) is 99.4 Å². The quantitative estimate of drug-likeness (QED) is 0.469. The van der Waals surface area contributed by atoms with Crippen molar-refractivity contribution in [2.24, 2.45) is 0 Å². The maximum atomic E-state index is 9.76. The van der Waals surface area contributed by atoms with E-state index in [0.717, 1.165) is 0 Å². The Balaban J connectivity index is 2.67. The van der Waals surface area contributed by atoms with Gasteiger partial charge in [-0.2, -0.15) is 0 Å². The average Bonchev–Trinajstić information content (AvgIpc) is 2.35. The molecule has 1 fully saturated rings. The molecule has 2 unspecified atom stereocenters. The van der Waals surface area contributed by atoms with E-state index in [2.05, 4.69) is 0 Å². The minimum atomic E-state index is -1.76. The van der Waals surface area contributed by atoms with E-state index >= 15 is 0 Å². The summed E-state index contributed by atoms with van der Waals surface area (Å²) in [4.78, 5) is 0.